The molecule has 4 heteroatoms. The van der Waals surface area contributed by atoms with E-state index in [2.05, 4.69) is 26.1 Å². The fraction of sp³-hybridized carbons (Fsp3) is 0.625. The van der Waals surface area contributed by atoms with Crippen molar-refractivity contribution in [3.8, 4) is 0 Å². The van der Waals surface area contributed by atoms with Crippen LogP contribution in [0.2, 0.25) is 0 Å². The molecule has 1 saturated carbocycles. The third-order valence-corrected chi connectivity index (χ3v) is 3.78. The average molecular weight is 285 g/mol. The molecule has 1 N–H and O–H groups in total. The summed E-state index contributed by atoms with van der Waals surface area (Å²) in [5.41, 5.74) is 0.434. The van der Waals surface area contributed by atoms with Gasteiger partial charge in [0.15, 0.2) is 0 Å². The van der Waals surface area contributed by atoms with Gasteiger partial charge in [0, 0.05) is 12.1 Å². The lowest BCUT2D eigenvalue weighted by Crippen LogP contribution is -2.40. The Hall–Kier alpha value is -1.03. The number of hydrogen-bond donors (Lipinski definition) is 1. The van der Waals surface area contributed by atoms with E-state index < -0.39 is 11.7 Å². The fourth-order valence-electron chi connectivity index (χ4n) is 2.34. The van der Waals surface area contributed by atoms with E-state index in [1.807, 2.05) is 0 Å². The number of alkyl halides is 3. The summed E-state index contributed by atoms with van der Waals surface area (Å²) in [5.74, 6) is 0. The third kappa shape index (κ3) is 4.23. The van der Waals surface area contributed by atoms with Gasteiger partial charge < -0.3 is 5.32 Å². The maximum Gasteiger partial charge on any atom is 0.416 e. The Labute approximate surface area is 118 Å². The molecule has 1 nitrogen and oxygen atoms in total. The topological polar surface area (TPSA) is 12.0 Å². The second kappa shape index (κ2) is 5.06. The summed E-state index contributed by atoms with van der Waals surface area (Å²) in [7, 11) is 0. The smallest absolute Gasteiger partial charge is 0.312 e. The maximum absolute atomic E-state index is 12.7. The SMILES string of the molecule is CC(C)(C)NCC1(Cc2cccc(C(F)(F)F)c2)CC1. The molecule has 112 valence electrons. The lowest BCUT2D eigenvalue weighted by atomic mass is 9.94. The van der Waals surface area contributed by atoms with Crippen LogP contribution in [0.5, 0.6) is 0 Å². The first-order valence-electron chi connectivity index (χ1n) is 7.01. The van der Waals surface area contributed by atoms with Crippen LogP contribution in [0.3, 0.4) is 0 Å². The van der Waals surface area contributed by atoms with Crippen LogP contribution < -0.4 is 5.32 Å². The maximum atomic E-state index is 12.7. The zero-order valence-corrected chi connectivity index (χ0v) is 12.3. The summed E-state index contributed by atoms with van der Waals surface area (Å²) in [6, 6.07) is 5.73. The molecular weight excluding hydrogens is 263 g/mol. The van der Waals surface area contributed by atoms with Crippen molar-refractivity contribution < 1.29 is 13.2 Å². The zero-order chi connectivity index (χ0) is 15.0. The van der Waals surface area contributed by atoms with Gasteiger partial charge in [-0.25, -0.2) is 0 Å². The van der Waals surface area contributed by atoms with E-state index in [-0.39, 0.29) is 11.0 Å². The van der Waals surface area contributed by atoms with Gasteiger partial charge in [-0.1, -0.05) is 18.2 Å². The number of nitrogens with one attached hydrogen (secondary N) is 1. The lowest BCUT2D eigenvalue weighted by molar-refractivity contribution is -0.137. The van der Waals surface area contributed by atoms with Crippen molar-refractivity contribution in [2.24, 2.45) is 5.41 Å². The molecule has 0 heterocycles. The van der Waals surface area contributed by atoms with Gasteiger partial charge in [0.25, 0.3) is 0 Å². The Morgan fingerprint density at radius 3 is 2.30 bits per heavy atom. The molecule has 1 aromatic carbocycles. The van der Waals surface area contributed by atoms with E-state index in [1.165, 1.54) is 12.1 Å². The summed E-state index contributed by atoms with van der Waals surface area (Å²) in [6.45, 7) is 7.18. The molecule has 0 unspecified atom stereocenters. The van der Waals surface area contributed by atoms with Gasteiger partial charge in [0.1, 0.15) is 0 Å². The number of rotatable bonds is 4. The predicted molar refractivity (Wildman–Crippen MR) is 74.6 cm³/mol. The van der Waals surface area contributed by atoms with Crippen LogP contribution in [0.25, 0.3) is 0 Å². The summed E-state index contributed by atoms with van der Waals surface area (Å²) in [5, 5.41) is 3.47. The molecule has 0 amide bonds. The molecule has 1 aliphatic carbocycles. The van der Waals surface area contributed by atoms with Crippen LogP contribution in [0.1, 0.15) is 44.7 Å². The quantitative estimate of drug-likeness (QED) is 0.863. The highest BCUT2D eigenvalue weighted by molar-refractivity contribution is 5.27. The summed E-state index contributed by atoms with van der Waals surface area (Å²) in [6.07, 6.45) is -1.35. The van der Waals surface area contributed by atoms with E-state index in [4.69, 9.17) is 0 Å². The van der Waals surface area contributed by atoms with E-state index >= 15 is 0 Å². The van der Waals surface area contributed by atoms with Crippen molar-refractivity contribution in [3.63, 3.8) is 0 Å². The second-order valence-electron chi connectivity index (χ2n) is 6.98. The van der Waals surface area contributed by atoms with E-state index in [9.17, 15) is 13.2 Å². The molecule has 0 aromatic heterocycles. The van der Waals surface area contributed by atoms with Crippen LogP contribution in [0.4, 0.5) is 13.2 Å². The largest absolute Gasteiger partial charge is 0.416 e. The zero-order valence-electron chi connectivity index (χ0n) is 12.3. The number of hydrogen-bond acceptors (Lipinski definition) is 1. The molecule has 20 heavy (non-hydrogen) atoms. The fourth-order valence-corrected chi connectivity index (χ4v) is 2.34. The van der Waals surface area contributed by atoms with Crippen LogP contribution in [0, 0.1) is 5.41 Å². The van der Waals surface area contributed by atoms with Gasteiger partial charge in [0.05, 0.1) is 5.56 Å². The molecule has 1 aromatic rings. The van der Waals surface area contributed by atoms with E-state index in [0.29, 0.717) is 0 Å². The van der Waals surface area contributed by atoms with Crippen LogP contribution >= 0.6 is 0 Å². The van der Waals surface area contributed by atoms with Crippen molar-refractivity contribution in [1.29, 1.82) is 0 Å². The molecule has 0 radical (unpaired) electrons. The molecular formula is C16H22F3N. The van der Waals surface area contributed by atoms with E-state index in [0.717, 1.165) is 37.4 Å². The Bertz CT molecular complexity index is 467. The molecule has 0 aliphatic heterocycles. The minimum atomic E-state index is -4.25. The average Bonchev–Trinajstić information content (AvgIpc) is 3.05. The highest BCUT2D eigenvalue weighted by Gasteiger charge is 2.43. The number of halogens is 3. The van der Waals surface area contributed by atoms with Crippen molar-refractivity contribution in [2.45, 2.75) is 51.7 Å². The number of benzene rings is 1. The molecule has 0 spiro atoms. The van der Waals surface area contributed by atoms with Crippen molar-refractivity contribution >= 4 is 0 Å². The van der Waals surface area contributed by atoms with E-state index in [1.54, 1.807) is 6.07 Å². The molecule has 0 atom stereocenters. The van der Waals surface area contributed by atoms with Crippen molar-refractivity contribution in [1.82, 2.24) is 5.32 Å². The van der Waals surface area contributed by atoms with Crippen LogP contribution in [-0.4, -0.2) is 12.1 Å². The molecule has 2 rings (SSSR count). The normalized spacial score (nSPS) is 18.1. The first kappa shape index (κ1) is 15.4. The highest BCUT2D eigenvalue weighted by atomic mass is 19.4. The molecule has 0 saturated heterocycles. The molecule has 1 aliphatic rings. The van der Waals surface area contributed by atoms with Crippen molar-refractivity contribution in [3.05, 3.63) is 35.4 Å². The minimum absolute atomic E-state index is 0.0450. The monoisotopic (exact) mass is 285 g/mol. The van der Waals surface area contributed by atoms with Crippen molar-refractivity contribution in [2.75, 3.05) is 6.54 Å². The van der Waals surface area contributed by atoms with Gasteiger partial charge in [-0.15, -0.1) is 0 Å². The Morgan fingerprint density at radius 2 is 1.80 bits per heavy atom. The van der Waals surface area contributed by atoms with Crippen LogP contribution in [0.15, 0.2) is 24.3 Å². The lowest BCUT2D eigenvalue weighted by Gasteiger charge is -2.25. The van der Waals surface area contributed by atoms with Gasteiger partial charge in [0.2, 0.25) is 0 Å². The Morgan fingerprint density at radius 1 is 1.15 bits per heavy atom. The van der Waals surface area contributed by atoms with Crippen LogP contribution in [-0.2, 0) is 12.6 Å². The van der Waals surface area contributed by atoms with Gasteiger partial charge >= 0.3 is 6.18 Å². The third-order valence-electron chi connectivity index (χ3n) is 3.78. The first-order valence-corrected chi connectivity index (χ1v) is 7.01. The molecule has 1 fully saturated rings. The van der Waals surface area contributed by atoms with Gasteiger partial charge in [-0.3, -0.25) is 0 Å². The predicted octanol–water partition coefficient (Wildman–Crippen LogP) is 4.42. The van der Waals surface area contributed by atoms with Gasteiger partial charge in [-0.2, -0.15) is 13.2 Å². The molecule has 0 bridgehead atoms. The Balaban J connectivity index is 2.03. The first-order chi connectivity index (χ1) is 9.10. The minimum Gasteiger partial charge on any atom is -0.312 e. The van der Waals surface area contributed by atoms with Gasteiger partial charge in [-0.05, 0) is 57.1 Å². The summed E-state index contributed by atoms with van der Waals surface area (Å²) >= 11 is 0. The summed E-state index contributed by atoms with van der Waals surface area (Å²) in [4.78, 5) is 0. The Kier molecular flexibility index (Phi) is 3.89. The standard InChI is InChI=1S/C16H22F3N/c1-14(2,3)20-11-15(7-8-15)10-12-5-4-6-13(9-12)16(17,18)19/h4-6,9,20H,7-8,10-11H2,1-3H3. The summed E-state index contributed by atoms with van der Waals surface area (Å²) < 4.78 is 38.1. The second-order valence-corrected chi connectivity index (χ2v) is 6.98. The highest BCUT2D eigenvalue weighted by Crippen LogP contribution is 2.48.